The summed E-state index contributed by atoms with van der Waals surface area (Å²) in [6, 6.07) is 23.5. The SMILES string of the molecule is O=C1C(c2ccccc2)N(S(=O)(=O)c2cccc(Br)c2)C(=O)C(c2ccccc2)N1S(=O)(=O)c1cccc(Br)c1. The lowest BCUT2D eigenvalue weighted by Gasteiger charge is -2.43. The number of hydrogen-bond donors (Lipinski definition) is 0. The first-order valence-corrected chi connectivity index (χ1v) is 16.3. The van der Waals surface area contributed by atoms with Gasteiger partial charge in [-0.3, -0.25) is 9.59 Å². The van der Waals surface area contributed by atoms with E-state index in [-0.39, 0.29) is 20.9 Å². The van der Waals surface area contributed by atoms with Gasteiger partial charge >= 0.3 is 0 Å². The summed E-state index contributed by atoms with van der Waals surface area (Å²) >= 11 is 6.51. The van der Waals surface area contributed by atoms with Gasteiger partial charge in [0.15, 0.2) is 12.1 Å². The van der Waals surface area contributed by atoms with Crippen LogP contribution in [0, 0.1) is 0 Å². The smallest absolute Gasteiger partial charge is 0.267 e. The Morgan fingerprint density at radius 2 is 0.850 bits per heavy atom. The Morgan fingerprint density at radius 1 is 0.500 bits per heavy atom. The molecule has 12 heteroatoms. The second-order valence-corrected chi connectivity index (χ2v) is 14.3. The molecule has 0 N–H and O–H groups in total. The van der Waals surface area contributed by atoms with Crippen molar-refractivity contribution in [2.24, 2.45) is 0 Å². The van der Waals surface area contributed by atoms with Crippen LogP contribution in [0.1, 0.15) is 23.2 Å². The molecule has 0 aromatic heterocycles. The first-order valence-electron chi connectivity index (χ1n) is 11.8. The average molecular weight is 704 g/mol. The van der Waals surface area contributed by atoms with E-state index < -0.39 is 43.9 Å². The van der Waals surface area contributed by atoms with Gasteiger partial charge in [0.2, 0.25) is 0 Å². The number of rotatable bonds is 6. The third kappa shape index (κ3) is 5.00. The summed E-state index contributed by atoms with van der Waals surface area (Å²) in [4.78, 5) is 28.3. The fraction of sp³-hybridized carbons (Fsp3) is 0.0714. The van der Waals surface area contributed by atoms with Gasteiger partial charge in [-0.1, -0.05) is 105 Å². The molecule has 0 saturated carbocycles. The number of amides is 2. The van der Waals surface area contributed by atoms with Crippen molar-refractivity contribution in [3.63, 3.8) is 0 Å². The molecule has 204 valence electrons. The Balaban J connectivity index is 1.79. The van der Waals surface area contributed by atoms with Gasteiger partial charge in [0, 0.05) is 8.95 Å². The van der Waals surface area contributed by atoms with E-state index >= 15 is 0 Å². The second-order valence-electron chi connectivity index (χ2n) is 8.82. The van der Waals surface area contributed by atoms with Gasteiger partial charge in [-0.05, 0) is 47.5 Å². The first-order chi connectivity index (χ1) is 19.0. The zero-order chi connectivity index (χ0) is 28.7. The molecule has 4 aromatic carbocycles. The van der Waals surface area contributed by atoms with Crippen molar-refractivity contribution in [3.05, 3.63) is 129 Å². The van der Waals surface area contributed by atoms with Crippen LogP contribution in [0.25, 0.3) is 0 Å². The molecular weight excluding hydrogens is 684 g/mol. The minimum Gasteiger partial charge on any atom is -0.271 e. The van der Waals surface area contributed by atoms with Gasteiger partial charge in [-0.2, -0.15) is 0 Å². The third-order valence-corrected chi connectivity index (χ3v) is 10.8. The Morgan fingerprint density at radius 3 is 1.18 bits per heavy atom. The van der Waals surface area contributed by atoms with Crippen LogP contribution in [0.15, 0.2) is 128 Å². The van der Waals surface area contributed by atoms with E-state index in [9.17, 15) is 26.4 Å². The van der Waals surface area contributed by atoms with Crippen LogP contribution in [-0.2, 0) is 29.6 Å². The number of hydrogen-bond acceptors (Lipinski definition) is 6. The lowest BCUT2D eigenvalue weighted by molar-refractivity contribution is -0.150. The van der Waals surface area contributed by atoms with E-state index in [1.807, 2.05) is 0 Å². The van der Waals surface area contributed by atoms with Crippen LogP contribution in [0.3, 0.4) is 0 Å². The Hall–Kier alpha value is -3.32. The number of sulfonamides is 2. The highest BCUT2D eigenvalue weighted by Crippen LogP contribution is 2.43. The molecule has 8 nitrogen and oxygen atoms in total. The summed E-state index contributed by atoms with van der Waals surface area (Å²) in [5.74, 6) is -2.17. The summed E-state index contributed by atoms with van der Waals surface area (Å²) in [5, 5.41) is 0. The quantitative estimate of drug-likeness (QED) is 0.265. The fourth-order valence-electron chi connectivity index (χ4n) is 4.52. The van der Waals surface area contributed by atoms with Crippen molar-refractivity contribution >= 4 is 63.7 Å². The molecular formula is C28H20Br2N2O6S2. The molecule has 1 heterocycles. The van der Waals surface area contributed by atoms with Crippen molar-refractivity contribution in [2.45, 2.75) is 21.9 Å². The molecule has 2 amide bonds. The molecule has 4 aromatic rings. The predicted molar refractivity (Wildman–Crippen MR) is 155 cm³/mol. The number of piperazine rings is 1. The van der Waals surface area contributed by atoms with Crippen molar-refractivity contribution in [3.8, 4) is 0 Å². The van der Waals surface area contributed by atoms with E-state index in [0.29, 0.717) is 17.6 Å². The molecule has 1 fully saturated rings. The van der Waals surface area contributed by atoms with Gasteiger partial charge in [-0.25, -0.2) is 25.4 Å². The highest BCUT2D eigenvalue weighted by atomic mass is 79.9. The van der Waals surface area contributed by atoms with Crippen LogP contribution < -0.4 is 0 Å². The Bertz CT molecular complexity index is 1680. The number of nitrogens with zero attached hydrogens (tertiary/aromatic N) is 2. The molecule has 0 spiro atoms. The maximum atomic E-state index is 14.4. The van der Waals surface area contributed by atoms with E-state index in [1.165, 1.54) is 60.7 Å². The van der Waals surface area contributed by atoms with Gasteiger partial charge in [-0.15, -0.1) is 0 Å². The molecule has 40 heavy (non-hydrogen) atoms. The predicted octanol–water partition coefficient (Wildman–Crippen LogP) is 5.44. The molecule has 5 rings (SSSR count). The van der Waals surface area contributed by atoms with Crippen molar-refractivity contribution in [2.75, 3.05) is 0 Å². The minimum absolute atomic E-state index is 0.139. The van der Waals surface area contributed by atoms with Crippen LogP contribution in [0.2, 0.25) is 0 Å². The highest BCUT2D eigenvalue weighted by Gasteiger charge is 2.56. The fourth-order valence-corrected chi connectivity index (χ4v) is 8.78. The van der Waals surface area contributed by atoms with Crippen LogP contribution in [0.4, 0.5) is 0 Å². The summed E-state index contributed by atoms with van der Waals surface area (Å²) in [7, 11) is -9.28. The number of carbonyl (C=O) groups is 2. The van der Waals surface area contributed by atoms with Crippen LogP contribution >= 0.6 is 31.9 Å². The summed E-state index contributed by atoms with van der Waals surface area (Å²) in [6.07, 6.45) is 0. The van der Waals surface area contributed by atoms with Crippen LogP contribution in [-0.4, -0.2) is 37.3 Å². The second kappa shape index (κ2) is 10.9. The molecule has 2 unspecified atom stereocenters. The average Bonchev–Trinajstić information content (AvgIpc) is 2.94. The van der Waals surface area contributed by atoms with Crippen molar-refractivity contribution < 1.29 is 26.4 Å². The summed E-state index contributed by atoms with van der Waals surface area (Å²) < 4.78 is 58.2. The third-order valence-electron chi connectivity index (χ3n) is 6.31. The van der Waals surface area contributed by atoms with Gasteiger partial charge in [0.05, 0.1) is 9.79 Å². The lowest BCUT2D eigenvalue weighted by Crippen LogP contribution is -2.59. The maximum absolute atomic E-state index is 14.4. The number of benzene rings is 4. The number of carbonyl (C=O) groups excluding carboxylic acids is 2. The monoisotopic (exact) mass is 702 g/mol. The van der Waals surface area contributed by atoms with Gasteiger partial charge in [0.25, 0.3) is 31.9 Å². The Labute approximate surface area is 248 Å². The molecule has 0 radical (unpaired) electrons. The molecule has 1 aliphatic rings. The van der Waals surface area contributed by atoms with Crippen molar-refractivity contribution in [1.29, 1.82) is 0 Å². The van der Waals surface area contributed by atoms with E-state index in [0.717, 1.165) is 0 Å². The zero-order valence-corrected chi connectivity index (χ0v) is 25.3. The summed E-state index contributed by atoms with van der Waals surface area (Å²) in [6.45, 7) is 0. The van der Waals surface area contributed by atoms with Gasteiger partial charge < -0.3 is 0 Å². The summed E-state index contributed by atoms with van der Waals surface area (Å²) in [5.41, 5.74) is 0.278. The molecule has 0 aliphatic carbocycles. The molecule has 1 aliphatic heterocycles. The van der Waals surface area contributed by atoms with Crippen molar-refractivity contribution in [1.82, 2.24) is 8.61 Å². The lowest BCUT2D eigenvalue weighted by atomic mass is 9.98. The normalized spacial score (nSPS) is 18.1. The number of halogens is 2. The first kappa shape index (κ1) is 28.2. The van der Waals surface area contributed by atoms with E-state index in [4.69, 9.17) is 0 Å². The van der Waals surface area contributed by atoms with E-state index in [2.05, 4.69) is 31.9 Å². The largest absolute Gasteiger partial charge is 0.271 e. The van der Waals surface area contributed by atoms with Gasteiger partial charge in [0.1, 0.15) is 0 Å². The molecule has 1 saturated heterocycles. The Kier molecular flexibility index (Phi) is 7.71. The van der Waals surface area contributed by atoms with Crippen LogP contribution in [0.5, 0.6) is 0 Å². The zero-order valence-electron chi connectivity index (χ0n) is 20.5. The molecule has 2 atom stereocenters. The van der Waals surface area contributed by atoms with E-state index in [1.54, 1.807) is 48.5 Å². The molecule has 0 bridgehead atoms. The highest BCUT2D eigenvalue weighted by molar-refractivity contribution is 9.10. The topological polar surface area (TPSA) is 109 Å². The maximum Gasteiger partial charge on any atom is 0.267 e. The minimum atomic E-state index is -4.64. The standard InChI is InChI=1S/C28H20Br2N2O6S2/c29-21-13-7-15-23(17-21)39(35,36)31-25(19-9-3-1-4-10-19)27(33)32(26(28(31)34)20-11-5-2-6-12-20)40(37,38)24-16-8-14-22(30)18-24/h1-18,25-26H.